The van der Waals surface area contributed by atoms with E-state index < -0.39 is 0 Å². The molecule has 5 nitrogen and oxygen atoms in total. The highest BCUT2D eigenvalue weighted by atomic mass is 15.0. The van der Waals surface area contributed by atoms with Crippen LogP contribution in [0.3, 0.4) is 0 Å². The standard InChI is InChI=1S/C50H29N5/c1-52-33-26-29-39-38-14-4-8-19-44(38)55(49(39)30-33)46-21-10-16-35(41(46)31-51)32-24-27-34(28-25-32)53-45-20-9-5-15-40(45)50-47(53)22-11-23-48(50)54-42-17-6-2-12-36(42)37-13-3-7-18-43(37)54/h2-30H. The fourth-order valence-corrected chi connectivity index (χ4v) is 8.81. The number of aromatic nitrogens is 3. The molecule has 0 aliphatic rings. The highest BCUT2D eigenvalue weighted by Gasteiger charge is 2.21. The summed E-state index contributed by atoms with van der Waals surface area (Å²) in [5.41, 5.74) is 12.4. The van der Waals surface area contributed by atoms with Crippen molar-refractivity contribution in [1.29, 1.82) is 5.26 Å². The average molecular weight is 700 g/mol. The van der Waals surface area contributed by atoms with Gasteiger partial charge < -0.3 is 13.7 Å². The van der Waals surface area contributed by atoms with E-state index in [9.17, 15) is 5.26 Å². The van der Waals surface area contributed by atoms with Gasteiger partial charge in [-0.15, -0.1) is 0 Å². The summed E-state index contributed by atoms with van der Waals surface area (Å²) in [4.78, 5) is 3.71. The van der Waals surface area contributed by atoms with Crippen LogP contribution in [0.15, 0.2) is 176 Å². The number of para-hydroxylation sites is 4. The van der Waals surface area contributed by atoms with Gasteiger partial charge in [-0.05, 0) is 66.2 Å². The molecule has 3 heterocycles. The zero-order valence-electron chi connectivity index (χ0n) is 29.5. The number of nitrogens with zero attached hydrogens (tertiary/aromatic N) is 5. The zero-order valence-corrected chi connectivity index (χ0v) is 29.5. The summed E-state index contributed by atoms with van der Waals surface area (Å²) in [6, 6.07) is 63.7. The highest BCUT2D eigenvalue weighted by Crippen LogP contribution is 2.41. The van der Waals surface area contributed by atoms with Crippen molar-refractivity contribution in [1.82, 2.24) is 13.7 Å². The molecule has 55 heavy (non-hydrogen) atoms. The molecule has 8 aromatic carbocycles. The fraction of sp³-hybridized carbons (Fsp3) is 0. The molecule has 0 saturated carbocycles. The third kappa shape index (κ3) is 4.39. The second-order valence-corrected chi connectivity index (χ2v) is 13.9. The van der Waals surface area contributed by atoms with Gasteiger partial charge in [0.05, 0.1) is 51.1 Å². The van der Waals surface area contributed by atoms with E-state index in [1.165, 1.54) is 32.6 Å². The number of hydrogen-bond acceptors (Lipinski definition) is 1. The van der Waals surface area contributed by atoms with Crippen molar-refractivity contribution < 1.29 is 0 Å². The Morgan fingerprint density at radius 2 is 0.945 bits per heavy atom. The molecule has 0 atom stereocenters. The van der Waals surface area contributed by atoms with Gasteiger partial charge in [-0.2, -0.15) is 5.26 Å². The van der Waals surface area contributed by atoms with E-state index in [-0.39, 0.29) is 0 Å². The molecule has 5 heteroatoms. The molecule has 11 rings (SSSR count). The maximum absolute atomic E-state index is 10.8. The monoisotopic (exact) mass is 699 g/mol. The smallest absolute Gasteiger partial charge is 0.189 e. The van der Waals surface area contributed by atoms with Crippen LogP contribution in [0.25, 0.3) is 98.5 Å². The van der Waals surface area contributed by atoms with E-state index in [1.807, 2.05) is 48.5 Å². The van der Waals surface area contributed by atoms with Crippen molar-refractivity contribution in [2.75, 3.05) is 0 Å². The van der Waals surface area contributed by atoms with Gasteiger partial charge in [0.15, 0.2) is 5.69 Å². The van der Waals surface area contributed by atoms with Crippen LogP contribution >= 0.6 is 0 Å². The minimum Gasteiger partial charge on any atom is -0.309 e. The first kappa shape index (κ1) is 30.7. The van der Waals surface area contributed by atoms with Crippen LogP contribution in [0, 0.1) is 17.9 Å². The maximum atomic E-state index is 10.8. The Hall–Kier alpha value is -7.86. The second-order valence-electron chi connectivity index (χ2n) is 13.9. The normalized spacial score (nSPS) is 11.6. The first-order valence-electron chi connectivity index (χ1n) is 18.3. The minimum absolute atomic E-state index is 0.564. The summed E-state index contributed by atoms with van der Waals surface area (Å²) in [5.74, 6) is 0. The van der Waals surface area contributed by atoms with E-state index in [0.717, 1.165) is 61.0 Å². The first-order chi connectivity index (χ1) is 27.2. The van der Waals surface area contributed by atoms with Crippen LogP contribution in [-0.4, -0.2) is 13.7 Å². The van der Waals surface area contributed by atoms with E-state index in [1.54, 1.807) is 0 Å². The summed E-state index contributed by atoms with van der Waals surface area (Å²) in [6.07, 6.45) is 0. The lowest BCUT2D eigenvalue weighted by molar-refractivity contribution is 1.16. The Labute approximate surface area is 316 Å². The van der Waals surface area contributed by atoms with E-state index in [4.69, 9.17) is 6.57 Å². The summed E-state index contributed by atoms with van der Waals surface area (Å²) in [6.45, 7) is 7.67. The number of fused-ring (bicyclic) bond motifs is 9. The van der Waals surface area contributed by atoms with E-state index in [2.05, 4.69) is 152 Å². The second kappa shape index (κ2) is 11.8. The van der Waals surface area contributed by atoms with Gasteiger partial charge in [0.2, 0.25) is 0 Å². The quantitative estimate of drug-likeness (QED) is 0.169. The minimum atomic E-state index is 0.564. The van der Waals surface area contributed by atoms with Crippen LogP contribution in [0.1, 0.15) is 5.56 Å². The van der Waals surface area contributed by atoms with Crippen molar-refractivity contribution in [3.63, 3.8) is 0 Å². The van der Waals surface area contributed by atoms with Crippen LogP contribution in [0.4, 0.5) is 5.69 Å². The van der Waals surface area contributed by atoms with E-state index in [0.29, 0.717) is 11.3 Å². The molecule has 0 radical (unpaired) electrons. The number of rotatable bonds is 4. The van der Waals surface area contributed by atoms with Crippen molar-refractivity contribution >= 4 is 71.1 Å². The lowest BCUT2D eigenvalue weighted by atomic mass is 9.98. The molecule has 0 saturated heterocycles. The molecule has 0 fully saturated rings. The molecule has 0 unspecified atom stereocenters. The first-order valence-corrected chi connectivity index (χ1v) is 18.3. The third-order valence-electron chi connectivity index (χ3n) is 11.1. The van der Waals surface area contributed by atoms with Crippen molar-refractivity contribution in [2.45, 2.75) is 0 Å². The SMILES string of the molecule is [C-]#[N+]c1ccc2c3ccccc3n(-c3cccc(-c4ccc(-n5c6ccccc6c6c(-n7c8ccccc8c8ccccc87)cccc65)cc4)c3C#N)c2c1. The topological polar surface area (TPSA) is 42.9 Å². The van der Waals surface area contributed by atoms with Gasteiger partial charge in [-0.3, -0.25) is 0 Å². The van der Waals surface area contributed by atoms with Crippen molar-refractivity contribution in [2.24, 2.45) is 0 Å². The molecule has 0 aliphatic heterocycles. The van der Waals surface area contributed by atoms with Gasteiger partial charge in [0.1, 0.15) is 6.07 Å². The van der Waals surface area contributed by atoms with Crippen LogP contribution < -0.4 is 0 Å². The molecule has 0 amide bonds. The number of nitriles is 1. The van der Waals surface area contributed by atoms with Crippen molar-refractivity contribution in [3.8, 4) is 34.3 Å². The van der Waals surface area contributed by atoms with Crippen LogP contribution in [-0.2, 0) is 0 Å². The molecule has 254 valence electrons. The Morgan fingerprint density at radius 1 is 0.436 bits per heavy atom. The predicted octanol–water partition coefficient (Wildman–Crippen LogP) is 13.1. The summed E-state index contributed by atoms with van der Waals surface area (Å²) < 4.78 is 6.88. The molecule has 0 aliphatic carbocycles. The Morgan fingerprint density at radius 3 is 1.56 bits per heavy atom. The molecular weight excluding hydrogens is 671 g/mol. The molecule has 11 aromatic rings. The zero-order chi connectivity index (χ0) is 36.6. The average Bonchev–Trinajstić information content (AvgIpc) is 3.89. The molecule has 0 bridgehead atoms. The Bertz CT molecular complexity index is 3400. The molecule has 0 N–H and O–H groups in total. The summed E-state index contributed by atoms with van der Waals surface area (Å²) in [7, 11) is 0. The number of hydrogen-bond donors (Lipinski definition) is 0. The lowest BCUT2D eigenvalue weighted by Gasteiger charge is -2.15. The van der Waals surface area contributed by atoms with Gasteiger partial charge >= 0.3 is 0 Å². The van der Waals surface area contributed by atoms with Gasteiger partial charge in [-0.1, -0.05) is 115 Å². The lowest BCUT2D eigenvalue weighted by Crippen LogP contribution is -2.00. The van der Waals surface area contributed by atoms with Gasteiger partial charge in [0.25, 0.3) is 0 Å². The largest absolute Gasteiger partial charge is 0.309 e. The fourth-order valence-electron chi connectivity index (χ4n) is 8.81. The Balaban J connectivity index is 1.09. The third-order valence-corrected chi connectivity index (χ3v) is 11.1. The molecular formula is C50H29N5. The van der Waals surface area contributed by atoms with Crippen molar-refractivity contribution in [3.05, 3.63) is 193 Å². The summed E-state index contributed by atoms with van der Waals surface area (Å²) >= 11 is 0. The maximum Gasteiger partial charge on any atom is 0.189 e. The van der Waals surface area contributed by atoms with Gasteiger partial charge in [0, 0.05) is 49.1 Å². The van der Waals surface area contributed by atoms with E-state index >= 15 is 0 Å². The van der Waals surface area contributed by atoms with Gasteiger partial charge in [-0.25, -0.2) is 4.85 Å². The van der Waals surface area contributed by atoms with Crippen LogP contribution in [0.5, 0.6) is 0 Å². The predicted molar refractivity (Wildman–Crippen MR) is 226 cm³/mol. The van der Waals surface area contributed by atoms with Crippen LogP contribution in [0.2, 0.25) is 0 Å². The molecule has 0 spiro atoms. The highest BCUT2D eigenvalue weighted by molar-refractivity contribution is 6.16. The Kier molecular flexibility index (Phi) is 6.61. The number of benzene rings is 8. The molecule has 3 aromatic heterocycles. The summed E-state index contributed by atoms with van der Waals surface area (Å²) in [5, 5.41) is 17.8.